The van der Waals surface area contributed by atoms with E-state index in [4.69, 9.17) is 0 Å². The molecule has 106 valence electrons. The molecule has 2 heterocycles. The van der Waals surface area contributed by atoms with Crippen LogP contribution >= 0.6 is 31.9 Å². The number of hydrogen-bond donors (Lipinski definition) is 1. The lowest BCUT2D eigenvalue weighted by Gasteiger charge is -2.09. The van der Waals surface area contributed by atoms with Crippen LogP contribution in [0.15, 0.2) is 45.5 Å². The predicted molar refractivity (Wildman–Crippen MR) is 92.3 cm³/mol. The molecule has 2 aromatic heterocycles. The molecule has 0 saturated carbocycles. The fourth-order valence-corrected chi connectivity index (χ4v) is 2.86. The number of hydrogen-bond acceptors (Lipinski definition) is 4. The summed E-state index contributed by atoms with van der Waals surface area (Å²) < 4.78 is 1.72. The molecule has 4 nitrogen and oxygen atoms in total. The Balaban J connectivity index is 2.15. The van der Waals surface area contributed by atoms with E-state index in [0.717, 1.165) is 37.9 Å². The zero-order chi connectivity index (χ0) is 14.8. The molecule has 21 heavy (non-hydrogen) atoms. The van der Waals surface area contributed by atoms with E-state index in [2.05, 4.69) is 52.1 Å². The summed E-state index contributed by atoms with van der Waals surface area (Å²) >= 11 is 7.00. The lowest BCUT2D eigenvalue weighted by Crippen LogP contribution is -2.03. The molecule has 0 amide bonds. The predicted octanol–water partition coefficient (Wildman–Crippen LogP) is 4.65. The van der Waals surface area contributed by atoms with Gasteiger partial charge in [0.25, 0.3) is 0 Å². The number of fused-ring (bicyclic) bond motifs is 1. The fourth-order valence-electron chi connectivity index (χ4n) is 2.02. The zero-order valence-electron chi connectivity index (χ0n) is 11.3. The number of pyridine rings is 1. The van der Waals surface area contributed by atoms with E-state index in [0.29, 0.717) is 5.82 Å². The maximum absolute atomic E-state index is 4.66. The normalized spacial score (nSPS) is 10.8. The van der Waals surface area contributed by atoms with Gasteiger partial charge < -0.3 is 5.32 Å². The molecule has 3 aromatic rings. The first-order valence-electron chi connectivity index (χ1n) is 6.51. The Hall–Kier alpha value is -1.53. The number of nitrogens with zero attached hydrogens (tertiary/aromatic N) is 3. The molecular formula is C15H12Br2N4. The second-order valence-corrected chi connectivity index (χ2v) is 6.14. The van der Waals surface area contributed by atoms with Crippen molar-refractivity contribution in [2.75, 3.05) is 11.9 Å². The van der Waals surface area contributed by atoms with Crippen LogP contribution in [0, 0.1) is 0 Å². The topological polar surface area (TPSA) is 50.7 Å². The Labute approximate surface area is 139 Å². The summed E-state index contributed by atoms with van der Waals surface area (Å²) in [6.45, 7) is 2.82. The summed E-state index contributed by atoms with van der Waals surface area (Å²) in [4.78, 5) is 13.6. The summed E-state index contributed by atoms with van der Waals surface area (Å²) in [7, 11) is 0. The molecule has 0 aliphatic rings. The molecule has 3 rings (SSSR count). The van der Waals surface area contributed by atoms with E-state index >= 15 is 0 Å². The van der Waals surface area contributed by atoms with E-state index in [-0.39, 0.29) is 0 Å². The second-order valence-electron chi connectivity index (χ2n) is 4.43. The van der Waals surface area contributed by atoms with Crippen LogP contribution in [0.5, 0.6) is 0 Å². The molecule has 0 radical (unpaired) electrons. The van der Waals surface area contributed by atoms with Crippen molar-refractivity contribution in [2.45, 2.75) is 6.92 Å². The quantitative estimate of drug-likeness (QED) is 0.686. The summed E-state index contributed by atoms with van der Waals surface area (Å²) in [5.74, 6) is 1.36. The van der Waals surface area contributed by atoms with Crippen molar-refractivity contribution in [1.29, 1.82) is 0 Å². The first-order chi connectivity index (χ1) is 10.2. The van der Waals surface area contributed by atoms with Gasteiger partial charge in [-0.15, -0.1) is 0 Å². The van der Waals surface area contributed by atoms with Crippen LogP contribution in [-0.2, 0) is 0 Å². The maximum atomic E-state index is 4.66. The SMILES string of the molecule is CCNc1nc(-c2nc3ccccc3cc2Br)ncc1Br. The summed E-state index contributed by atoms with van der Waals surface area (Å²) in [5, 5.41) is 4.28. The Kier molecular flexibility index (Phi) is 4.17. The average molecular weight is 408 g/mol. The van der Waals surface area contributed by atoms with Gasteiger partial charge in [0.05, 0.1) is 9.99 Å². The van der Waals surface area contributed by atoms with Gasteiger partial charge in [0.1, 0.15) is 11.5 Å². The third kappa shape index (κ3) is 2.91. The molecule has 0 aliphatic carbocycles. The number of para-hydroxylation sites is 1. The van der Waals surface area contributed by atoms with E-state index in [1.54, 1.807) is 6.20 Å². The van der Waals surface area contributed by atoms with E-state index in [9.17, 15) is 0 Å². The molecule has 1 aromatic carbocycles. The molecule has 0 atom stereocenters. The van der Waals surface area contributed by atoms with Crippen molar-refractivity contribution >= 4 is 48.6 Å². The smallest absolute Gasteiger partial charge is 0.181 e. The molecule has 0 saturated heterocycles. The van der Waals surface area contributed by atoms with Crippen LogP contribution in [0.3, 0.4) is 0 Å². The molecule has 0 unspecified atom stereocenters. The van der Waals surface area contributed by atoms with Crippen LogP contribution in [0.4, 0.5) is 5.82 Å². The van der Waals surface area contributed by atoms with Crippen molar-refractivity contribution < 1.29 is 0 Å². The standard InChI is InChI=1S/C15H12Br2N4/c1-2-18-14-11(17)8-19-15(21-14)13-10(16)7-9-5-3-4-6-12(9)20-13/h3-8H,2H2,1H3,(H,18,19,21). The highest BCUT2D eigenvalue weighted by Gasteiger charge is 2.12. The number of rotatable bonds is 3. The monoisotopic (exact) mass is 406 g/mol. The van der Waals surface area contributed by atoms with Crippen molar-refractivity contribution in [3.8, 4) is 11.5 Å². The van der Waals surface area contributed by atoms with Crippen molar-refractivity contribution in [3.05, 3.63) is 45.5 Å². The average Bonchev–Trinajstić information content (AvgIpc) is 2.49. The van der Waals surface area contributed by atoms with Gasteiger partial charge in [-0.1, -0.05) is 18.2 Å². The van der Waals surface area contributed by atoms with Crippen LogP contribution < -0.4 is 5.32 Å². The minimum Gasteiger partial charge on any atom is -0.369 e. The summed E-state index contributed by atoms with van der Waals surface area (Å²) in [5.41, 5.74) is 1.66. The maximum Gasteiger partial charge on any atom is 0.181 e. The summed E-state index contributed by atoms with van der Waals surface area (Å²) in [6.07, 6.45) is 1.74. The fraction of sp³-hybridized carbons (Fsp3) is 0.133. The number of halogens is 2. The van der Waals surface area contributed by atoms with E-state index in [1.807, 2.05) is 37.3 Å². The molecule has 0 aliphatic heterocycles. The van der Waals surface area contributed by atoms with Crippen LogP contribution in [0.1, 0.15) is 6.92 Å². The van der Waals surface area contributed by atoms with Gasteiger partial charge in [-0.05, 0) is 50.9 Å². The van der Waals surface area contributed by atoms with Crippen LogP contribution in [0.2, 0.25) is 0 Å². The Morgan fingerprint density at radius 3 is 2.71 bits per heavy atom. The second kappa shape index (κ2) is 6.07. The molecule has 0 spiro atoms. The van der Waals surface area contributed by atoms with Gasteiger partial charge in [0.15, 0.2) is 5.82 Å². The highest BCUT2D eigenvalue weighted by molar-refractivity contribution is 9.11. The van der Waals surface area contributed by atoms with Crippen molar-refractivity contribution in [2.24, 2.45) is 0 Å². The van der Waals surface area contributed by atoms with Gasteiger partial charge in [-0.2, -0.15) is 0 Å². The van der Waals surface area contributed by atoms with Crippen LogP contribution in [0.25, 0.3) is 22.4 Å². The number of anilines is 1. The highest BCUT2D eigenvalue weighted by atomic mass is 79.9. The third-order valence-corrected chi connectivity index (χ3v) is 4.16. The molecule has 0 fully saturated rings. The first-order valence-corrected chi connectivity index (χ1v) is 8.09. The molecule has 6 heteroatoms. The Bertz CT molecular complexity index is 805. The lowest BCUT2D eigenvalue weighted by atomic mass is 10.2. The number of aromatic nitrogens is 3. The van der Waals surface area contributed by atoms with Gasteiger partial charge in [-0.25, -0.2) is 15.0 Å². The van der Waals surface area contributed by atoms with Crippen molar-refractivity contribution in [1.82, 2.24) is 15.0 Å². The van der Waals surface area contributed by atoms with E-state index < -0.39 is 0 Å². The summed E-state index contributed by atoms with van der Waals surface area (Å²) in [6, 6.07) is 10.0. The Morgan fingerprint density at radius 1 is 1.10 bits per heavy atom. The highest BCUT2D eigenvalue weighted by Crippen LogP contribution is 2.29. The van der Waals surface area contributed by atoms with Crippen LogP contribution in [-0.4, -0.2) is 21.5 Å². The van der Waals surface area contributed by atoms with E-state index in [1.165, 1.54) is 0 Å². The van der Waals surface area contributed by atoms with Gasteiger partial charge in [-0.3, -0.25) is 0 Å². The third-order valence-electron chi connectivity index (χ3n) is 2.98. The van der Waals surface area contributed by atoms with Gasteiger partial charge in [0, 0.05) is 22.6 Å². The number of nitrogens with one attached hydrogen (secondary N) is 1. The minimum absolute atomic E-state index is 0.590. The Morgan fingerprint density at radius 2 is 1.90 bits per heavy atom. The van der Waals surface area contributed by atoms with Gasteiger partial charge >= 0.3 is 0 Å². The molecule has 0 bridgehead atoms. The minimum atomic E-state index is 0.590. The molecule has 1 N–H and O–H groups in total. The largest absolute Gasteiger partial charge is 0.369 e. The molecular weight excluding hydrogens is 396 g/mol. The zero-order valence-corrected chi connectivity index (χ0v) is 14.4. The first kappa shape index (κ1) is 14.4. The number of benzene rings is 1. The van der Waals surface area contributed by atoms with Crippen molar-refractivity contribution in [3.63, 3.8) is 0 Å². The van der Waals surface area contributed by atoms with Gasteiger partial charge in [0.2, 0.25) is 0 Å². The lowest BCUT2D eigenvalue weighted by molar-refractivity contribution is 1.09.